The Hall–Kier alpha value is -2.17. The van der Waals surface area contributed by atoms with E-state index in [1.54, 1.807) is 6.20 Å². The van der Waals surface area contributed by atoms with Crippen LogP contribution >= 0.6 is 22.9 Å². The normalized spacial score (nSPS) is 10.7. The van der Waals surface area contributed by atoms with Crippen LogP contribution in [0.2, 0.25) is 5.02 Å². The summed E-state index contributed by atoms with van der Waals surface area (Å²) in [5.41, 5.74) is 5.26. The summed E-state index contributed by atoms with van der Waals surface area (Å²) < 4.78 is 0. The molecule has 0 bridgehead atoms. The van der Waals surface area contributed by atoms with E-state index in [0.717, 1.165) is 16.8 Å². The summed E-state index contributed by atoms with van der Waals surface area (Å²) in [5, 5.41) is 4.62. The molecule has 0 saturated carbocycles. The van der Waals surface area contributed by atoms with Gasteiger partial charge in [-0.3, -0.25) is 4.79 Å². The quantitative estimate of drug-likeness (QED) is 0.569. The van der Waals surface area contributed by atoms with Gasteiger partial charge < -0.3 is 5.32 Å². The molecule has 0 amide bonds. The van der Waals surface area contributed by atoms with Gasteiger partial charge >= 0.3 is 0 Å². The summed E-state index contributed by atoms with van der Waals surface area (Å²) in [7, 11) is 0. The number of halogens is 1. The molecule has 1 heterocycles. The number of rotatable bonds is 5. The van der Waals surface area contributed by atoms with Crippen LogP contribution in [0.1, 0.15) is 31.9 Å². The minimum absolute atomic E-state index is 0.0298. The summed E-state index contributed by atoms with van der Waals surface area (Å²) >= 11 is 7.59. The molecule has 3 nitrogen and oxygen atoms in total. The first kappa shape index (κ1) is 17.6. The molecule has 1 N–H and O–H groups in total. The van der Waals surface area contributed by atoms with Gasteiger partial charge in [0.05, 0.1) is 11.1 Å². The zero-order valence-corrected chi connectivity index (χ0v) is 16.0. The Morgan fingerprint density at radius 3 is 2.56 bits per heavy atom. The first-order valence-electron chi connectivity index (χ1n) is 8.01. The number of ketones is 1. The molecule has 0 atom stereocenters. The lowest BCUT2D eigenvalue weighted by Gasteiger charge is -2.06. The molecule has 0 aliphatic heterocycles. The number of thiazole rings is 1. The number of carbonyl (C=O) groups excluding carboxylic acids is 1. The highest BCUT2D eigenvalue weighted by Crippen LogP contribution is 2.27. The smallest absolute Gasteiger partial charge is 0.187 e. The Balaban J connectivity index is 1.75. The van der Waals surface area contributed by atoms with E-state index in [2.05, 4.69) is 42.3 Å². The van der Waals surface area contributed by atoms with E-state index in [4.69, 9.17) is 11.6 Å². The van der Waals surface area contributed by atoms with Crippen molar-refractivity contribution in [2.45, 2.75) is 27.2 Å². The van der Waals surface area contributed by atoms with Gasteiger partial charge in [-0.05, 0) is 61.2 Å². The zero-order valence-electron chi connectivity index (χ0n) is 14.4. The lowest BCUT2D eigenvalue weighted by molar-refractivity contribution is 0.0996. The third kappa shape index (κ3) is 4.27. The van der Waals surface area contributed by atoms with Crippen LogP contribution in [-0.4, -0.2) is 10.8 Å². The van der Waals surface area contributed by atoms with Gasteiger partial charge in [-0.1, -0.05) is 41.1 Å². The predicted molar refractivity (Wildman–Crippen MR) is 106 cm³/mol. The molecule has 3 rings (SSSR count). The van der Waals surface area contributed by atoms with Crippen molar-refractivity contribution in [3.63, 3.8) is 0 Å². The van der Waals surface area contributed by atoms with Crippen LogP contribution < -0.4 is 5.32 Å². The second kappa shape index (κ2) is 7.38. The molecule has 2 aromatic carbocycles. The highest BCUT2D eigenvalue weighted by Gasteiger charge is 2.15. The number of carbonyl (C=O) groups is 1. The van der Waals surface area contributed by atoms with Gasteiger partial charge in [-0.15, -0.1) is 0 Å². The maximum atomic E-state index is 12.6. The van der Waals surface area contributed by atoms with Crippen molar-refractivity contribution in [3.05, 3.63) is 74.7 Å². The lowest BCUT2D eigenvalue weighted by Crippen LogP contribution is -2.03. The molecular weight excluding hydrogens is 352 g/mol. The topological polar surface area (TPSA) is 42.0 Å². The fourth-order valence-electron chi connectivity index (χ4n) is 2.77. The van der Waals surface area contributed by atoms with E-state index in [-0.39, 0.29) is 12.2 Å². The number of benzene rings is 2. The summed E-state index contributed by atoms with van der Waals surface area (Å²) in [5.74, 6) is 0.0298. The Bertz CT molecular complexity index is 893. The molecule has 128 valence electrons. The largest absolute Gasteiger partial charge is 0.332 e. The Morgan fingerprint density at radius 2 is 1.88 bits per heavy atom. The summed E-state index contributed by atoms with van der Waals surface area (Å²) in [6, 6.07) is 11.9. The average molecular weight is 371 g/mol. The molecule has 1 aromatic heterocycles. The van der Waals surface area contributed by atoms with Gasteiger partial charge in [0.1, 0.15) is 0 Å². The van der Waals surface area contributed by atoms with Gasteiger partial charge in [0.15, 0.2) is 10.9 Å². The predicted octanol–water partition coefficient (Wildman–Crippen LogP) is 5.89. The van der Waals surface area contributed by atoms with Crippen LogP contribution in [-0.2, 0) is 6.42 Å². The summed E-state index contributed by atoms with van der Waals surface area (Å²) in [6.07, 6.45) is 1.92. The maximum Gasteiger partial charge on any atom is 0.187 e. The lowest BCUT2D eigenvalue weighted by atomic mass is 10.0. The van der Waals surface area contributed by atoms with Gasteiger partial charge in [0.25, 0.3) is 0 Å². The number of hydrogen-bond acceptors (Lipinski definition) is 4. The van der Waals surface area contributed by atoms with E-state index >= 15 is 0 Å². The van der Waals surface area contributed by atoms with Gasteiger partial charge in [0, 0.05) is 17.1 Å². The Morgan fingerprint density at radius 1 is 1.16 bits per heavy atom. The van der Waals surface area contributed by atoms with Gasteiger partial charge in [-0.2, -0.15) is 0 Å². The third-order valence-electron chi connectivity index (χ3n) is 3.94. The number of hydrogen-bond donors (Lipinski definition) is 1. The van der Waals surface area contributed by atoms with E-state index in [1.165, 1.54) is 22.5 Å². The highest BCUT2D eigenvalue weighted by molar-refractivity contribution is 7.17. The molecular formula is C20H19ClN2OS. The number of aryl methyl sites for hydroxylation is 3. The average Bonchev–Trinajstić information content (AvgIpc) is 2.98. The first-order chi connectivity index (χ1) is 11.9. The molecule has 0 saturated heterocycles. The zero-order chi connectivity index (χ0) is 18.0. The molecule has 5 heteroatoms. The van der Waals surface area contributed by atoms with Crippen LogP contribution in [0.4, 0.5) is 10.8 Å². The molecule has 3 aromatic rings. The fourth-order valence-corrected chi connectivity index (χ4v) is 3.83. The van der Waals surface area contributed by atoms with Crippen LogP contribution in [0, 0.1) is 20.8 Å². The number of nitrogens with zero attached hydrogens (tertiary/aromatic N) is 1. The van der Waals surface area contributed by atoms with Crippen molar-refractivity contribution < 1.29 is 4.79 Å². The standard InChI is InChI=1S/C20H19ClN2OS/c1-12-7-13(2)9-15(8-12)23-20-22-11-19(25-20)18(24)10-16-14(3)5-4-6-17(16)21/h4-9,11H,10H2,1-3H3,(H,22,23). The SMILES string of the molecule is Cc1cc(C)cc(Nc2ncc(C(=O)Cc3c(C)cccc3Cl)s2)c1. The van der Waals surface area contributed by atoms with Crippen molar-refractivity contribution in [1.82, 2.24) is 4.98 Å². The molecule has 0 radical (unpaired) electrons. The van der Waals surface area contributed by atoms with Crippen molar-refractivity contribution >= 4 is 39.5 Å². The number of Topliss-reactive ketones (excluding diaryl/α,β-unsaturated/α-hetero) is 1. The van der Waals surface area contributed by atoms with E-state index < -0.39 is 0 Å². The number of nitrogens with one attached hydrogen (secondary N) is 1. The number of anilines is 2. The van der Waals surface area contributed by atoms with Crippen LogP contribution in [0.15, 0.2) is 42.6 Å². The highest BCUT2D eigenvalue weighted by atomic mass is 35.5. The second-order valence-electron chi connectivity index (χ2n) is 6.17. The molecule has 0 aliphatic carbocycles. The van der Waals surface area contributed by atoms with Crippen LogP contribution in [0.5, 0.6) is 0 Å². The molecule has 0 aliphatic rings. The van der Waals surface area contributed by atoms with E-state index in [1.807, 2.05) is 25.1 Å². The van der Waals surface area contributed by atoms with Crippen LogP contribution in [0.25, 0.3) is 0 Å². The number of aromatic nitrogens is 1. The maximum absolute atomic E-state index is 12.6. The Labute approximate surface area is 156 Å². The third-order valence-corrected chi connectivity index (χ3v) is 5.25. The summed E-state index contributed by atoms with van der Waals surface area (Å²) in [4.78, 5) is 17.5. The van der Waals surface area contributed by atoms with Gasteiger partial charge in [-0.25, -0.2) is 4.98 Å². The Kier molecular flexibility index (Phi) is 5.21. The van der Waals surface area contributed by atoms with Crippen molar-refractivity contribution in [1.29, 1.82) is 0 Å². The molecule has 0 fully saturated rings. The minimum atomic E-state index is 0.0298. The van der Waals surface area contributed by atoms with Gasteiger partial charge in [0.2, 0.25) is 0 Å². The first-order valence-corrected chi connectivity index (χ1v) is 9.20. The fraction of sp³-hybridized carbons (Fsp3) is 0.200. The monoisotopic (exact) mass is 370 g/mol. The molecule has 0 spiro atoms. The van der Waals surface area contributed by atoms with Crippen molar-refractivity contribution in [2.75, 3.05) is 5.32 Å². The van der Waals surface area contributed by atoms with Crippen molar-refractivity contribution in [2.24, 2.45) is 0 Å². The van der Waals surface area contributed by atoms with E-state index in [0.29, 0.717) is 15.0 Å². The van der Waals surface area contributed by atoms with Crippen LogP contribution in [0.3, 0.4) is 0 Å². The van der Waals surface area contributed by atoms with Crippen molar-refractivity contribution in [3.8, 4) is 0 Å². The summed E-state index contributed by atoms with van der Waals surface area (Å²) in [6.45, 7) is 6.08. The molecule has 25 heavy (non-hydrogen) atoms. The minimum Gasteiger partial charge on any atom is -0.332 e. The molecule has 0 unspecified atom stereocenters. The van der Waals surface area contributed by atoms with E-state index in [9.17, 15) is 4.79 Å². The second-order valence-corrected chi connectivity index (χ2v) is 7.60.